The van der Waals surface area contributed by atoms with Crippen molar-refractivity contribution in [3.63, 3.8) is 0 Å². The number of carboxylic acid groups (broad SMARTS) is 1. The summed E-state index contributed by atoms with van der Waals surface area (Å²) in [4.78, 5) is 35.3. The maximum absolute atomic E-state index is 12.4. The van der Waals surface area contributed by atoms with Crippen LogP contribution in [0.4, 0.5) is 0 Å². The first-order valence-electron chi connectivity index (χ1n) is 10.3. The molecule has 8 nitrogen and oxygen atoms in total. The molecular formula is C22H40O8. The second-order valence-corrected chi connectivity index (χ2v) is 9.75. The highest BCUT2D eigenvalue weighted by Crippen LogP contribution is 2.23. The van der Waals surface area contributed by atoms with Crippen LogP contribution in [0, 0.1) is 5.41 Å². The lowest BCUT2D eigenvalue weighted by atomic mass is 9.90. The highest BCUT2D eigenvalue weighted by atomic mass is 16.6. The van der Waals surface area contributed by atoms with Crippen molar-refractivity contribution in [1.29, 1.82) is 0 Å². The molecular weight excluding hydrogens is 392 g/mol. The molecule has 0 radical (unpaired) electrons. The first-order chi connectivity index (χ1) is 13.5. The summed E-state index contributed by atoms with van der Waals surface area (Å²) < 4.78 is 21.8. The van der Waals surface area contributed by atoms with E-state index >= 15 is 0 Å². The molecule has 0 fully saturated rings. The lowest BCUT2D eigenvalue weighted by Crippen LogP contribution is -2.36. The van der Waals surface area contributed by atoms with Gasteiger partial charge in [0.05, 0.1) is 23.2 Å². The number of carboxylic acids is 1. The van der Waals surface area contributed by atoms with Crippen LogP contribution in [0.3, 0.4) is 0 Å². The van der Waals surface area contributed by atoms with Crippen molar-refractivity contribution in [3.8, 4) is 0 Å². The van der Waals surface area contributed by atoms with Gasteiger partial charge >= 0.3 is 11.9 Å². The molecule has 2 unspecified atom stereocenters. The van der Waals surface area contributed by atoms with E-state index < -0.39 is 40.8 Å². The largest absolute Gasteiger partial charge is 0.481 e. The van der Waals surface area contributed by atoms with Crippen molar-refractivity contribution < 1.29 is 38.4 Å². The quantitative estimate of drug-likeness (QED) is 0.416. The molecule has 0 rings (SSSR count). The summed E-state index contributed by atoms with van der Waals surface area (Å²) in [5, 5.41) is 9.14. The number of Topliss-reactive ketones (excluding diaryl/α,β-unsaturated/α-hetero) is 1. The second-order valence-electron chi connectivity index (χ2n) is 9.75. The molecule has 8 heteroatoms. The maximum atomic E-state index is 12.4. The highest BCUT2D eigenvalue weighted by molar-refractivity contribution is 5.88. The summed E-state index contributed by atoms with van der Waals surface area (Å²) >= 11 is 0. The monoisotopic (exact) mass is 432 g/mol. The lowest BCUT2D eigenvalue weighted by molar-refractivity contribution is -0.165. The molecule has 0 aromatic rings. The number of esters is 1. The molecule has 0 saturated heterocycles. The molecule has 0 amide bonds. The number of carbonyl (C=O) groups is 3. The summed E-state index contributed by atoms with van der Waals surface area (Å²) in [5.74, 6) is -1.79. The van der Waals surface area contributed by atoms with Crippen molar-refractivity contribution >= 4 is 17.7 Å². The minimum atomic E-state index is -0.932. The highest BCUT2D eigenvalue weighted by Gasteiger charge is 2.29. The van der Waals surface area contributed by atoms with Gasteiger partial charge in [-0.25, -0.2) is 4.79 Å². The first kappa shape index (κ1) is 28.5. The summed E-state index contributed by atoms with van der Waals surface area (Å²) in [7, 11) is 0. The summed E-state index contributed by atoms with van der Waals surface area (Å²) in [6, 6.07) is 0. The third kappa shape index (κ3) is 12.2. The van der Waals surface area contributed by atoms with Crippen LogP contribution in [-0.4, -0.2) is 66.1 Å². The topological polar surface area (TPSA) is 108 Å². The Morgan fingerprint density at radius 2 is 1.40 bits per heavy atom. The predicted octanol–water partition coefficient (Wildman–Crippen LogP) is 3.39. The number of rotatable bonds is 14. The summed E-state index contributed by atoms with van der Waals surface area (Å²) in [6.07, 6.45) is -0.758. The van der Waals surface area contributed by atoms with E-state index in [1.807, 2.05) is 34.6 Å². The van der Waals surface area contributed by atoms with E-state index in [-0.39, 0.29) is 19.0 Å². The van der Waals surface area contributed by atoms with Crippen LogP contribution in [0.5, 0.6) is 0 Å². The normalized spacial score (nSPS) is 14.8. The van der Waals surface area contributed by atoms with Crippen LogP contribution in [-0.2, 0) is 33.3 Å². The number of hydrogen-bond donors (Lipinski definition) is 1. The third-order valence-electron chi connectivity index (χ3n) is 4.60. The zero-order chi connectivity index (χ0) is 23.8. The molecule has 0 saturated carbocycles. The molecule has 0 aliphatic heterocycles. The average molecular weight is 433 g/mol. The predicted molar refractivity (Wildman–Crippen MR) is 112 cm³/mol. The van der Waals surface area contributed by atoms with Crippen molar-refractivity contribution in [1.82, 2.24) is 0 Å². The number of ketones is 1. The van der Waals surface area contributed by atoms with E-state index in [0.717, 1.165) is 0 Å². The first-order valence-corrected chi connectivity index (χ1v) is 10.3. The fourth-order valence-corrected chi connectivity index (χ4v) is 2.22. The molecule has 30 heavy (non-hydrogen) atoms. The van der Waals surface area contributed by atoms with Crippen LogP contribution in [0.25, 0.3) is 0 Å². The van der Waals surface area contributed by atoms with Crippen molar-refractivity contribution in [3.05, 3.63) is 0 Å². The molecule has 0 aromatic carbocycles. The fraction of sp³-hybridized carbons (Fsp3) is 0.864. The van der Waals surface area contributed by atoms with Crippen molar-refractivity contribution in [2.24, 2.45) is 5.41 Å². The van der Waals surface area contributed by atoms with E-state index in [1.165, 1.54) is 6.92 Å². The number of ether oxygens (including phenoxy) is 4. The van der Waals surface area contributed by atoms with E-state index in [0.29, 0.717) is 19.4 Å². The van der Waals surface area contributed by atoms with Gasteiger partial charge in [-0.05, 0) is 75.2 Å². The standard InChI is InChI=1S/C22H40O8/c1-15(18(24)16(2)30-17(23)14-29-20(3,4)5)27-12-11-22(8,9)28-13-10-21(6,7)19(25)26/h15-16H,10-14H2,1-9H3,(H,25,26). The Labute approximate surface area is 180 Å². The molecule has 0 aliphatic carbocycles. The number of hydrogen-bond acceptors (Lipinski definition) is 7. The van der Waals surface area contributed by atoms with E-state index in [2.05, 4.69) is 0 Å². The van der Waals surface area contributed by atoms with Gasteiger partial charge in [0.1, 0.15) is 12.7 Å². The van der Waals surface area contributed by atoms with E-state index in [9.17, 15) is 14.4 Å². The lowest BCUT2D eigenvalue weighted by Gasteiger charge is -2.28. The molecule has 0 heterocycles. The third-order valence-corrected chi connectivity index (χ3v) is 4.60. The van der Waals surface area contributed by atoms with Crippen molar-refractivity contribution in [2.75, 3.05) is 19.8 Å². The minimum Gasteiger partial charge on any atom is -0.481 e. The number of aliphatic carboxylic acids is 1. The molecule has 176 valence electrons. The van der Waals surface area contributed by atoms with Gasteiger partial charge in [0.25, 0.3) is 0 Å². The zero-order valence-electron chi connectivity index (χ0n) is 20.0. The Kier molecular flexibility index (Phi) is 11.2. The van der Waals surface area contributed by atoms with Gasteiger partial charge in [-0.3, -0.25) is 9.59 Å². The molecule has 0 aromatic heterocycles. The smallest absolute Gasteiger partial charge is 0.332 e. The fourth-order valence-electron chi connectivity index (χ4n) is 2.22. The number of carbonyl (C=O) groups excluding carboxylic acids is 2. The van der Waals surface area contributed by atoms with E-state index in [4.69, 9.17) is 24.1 Å². The Hall–Kier alpha value is -1.51. The SMILES string of the molecule is CC(OCCC(C)(C)OCCC(C)(C)C(=O)O)C(=O)C(C)OC(=O)COC(C)(C)C. The van der Waals surface area contributed by atoms with Crippen LogP contribution in [0.15, 0.2) is 0 Å². The molecule has 0 spiro atoms. The molecule has 1 N–H and O–H groups in total. The van der Waals surface area contributed by atoms with Crippen LogP contribution < -0.4 is 0 Å². The summed E-state index contributed by atoms with van der Waals surface area (Å²) in [5.41, 5.74) is -1.85. The molecule has 0 bridgehead atoms. The summed E-state index contributed by atoms with van der Waals surface area (Å²) in [6.45, 7) is 16.0. The minimum absolute atomic E-state index is 0.222. The Balaban J connectivity index is 4.31. The van der Waals surface area contributed by atoms with Crippen LogP contribution in [0.2, 0.25) is 0 Å². The average Bonchev–Trinajstić information content (AvgIpc) is 2.57. The van der Waals surface area contributed by atoms with Gasteiger partial charge in [0.2, 0.25) is 5.78 Å². The van der Waals surface area contributed by atoms with Gasteiger partial charge in [-0.1, -0.05) is 0 Å². The zero-order valence-corrected chi connectivity index (χ0v) is 20.0. The maximum Gasteiger partial charge on any atom is 0.332 e. The van der Waals surface area contributed by atoms with Crippen molar-refractivity contribution in [2.45, 2.75) is 98.6 Å². The van der Waals surface area contributed by atoms with Gasteiger partial charge in [0.15, 0.2) is 6.10 Å². The van der Waals surface area contributed by atoms with Gasteiger partial charge in [0, 0.05) is 6.61 Å². The Morgan fingerprint density at radius 3 is 1.90 bits per heavy atom. The molecule has 0 aliphatic rings. The van der Waals surface area contributed by atoms with Gasteiger partial charge in [-0.2, -0.15) is 0 Å². The van der Waals surface area contributed by atoms with E-state index in [1.54, 1.807) is 20.8 Å². The van der Waals surface area contributed by atoms with Gasteiger partial charge < -0.3 is 24.1 Å². The van der Waals surface area contributed by atoms with Gasteiger partial charge in [-0.15, -0.1) is 0 Å². The van der Waals surface area contributed by atoms with Crippen LogP contribution in [0.1, 0.15) is 75.2 Å². The Bertz CT molecular complexity index is 574. The van der Waals surface area contributed by atoms with Crippen LogP contribution >= 0.6 is 0 Å². The molecule has 2 atom stereocenters. The second kappa shape index (κ2) is 11.8. The Morgan fingerprint density at radius 1 is 0.833 bits per heavy atom.